The topological polar surface area (TPSA) is 41.5 Å². The minimum absolute atomic E-state index is 0.191. The number of nitrogens with zero attached hydrogens (tertiary/aromatic N) is 1. The van der Waals surface area contributed by atoms with Crippen molar-refractivity contribution in [1.29, 1.82) is 0 Å². The van der Waals surface area contributed by atoms with Crippen LogP contribution in [0, 0.1) is 11.8 Å². The Morgan fingerprint density at radius 1 is 1.55 bits per heavy atom. The zero-order valence-corrected chi connectivity index (χ0v) is 6.36. The summed E-state index contributed by atoms with van der Waals surface area (Å²) in [6, 6.07) is 0.307. The quantitative estimate of drug-likeness (QED) is 0.558. The zero-order chi connectivity index (χ0) is 7.68. The third-order valence-corrected chi connectivity index (χ3v) is 2.66. The number of hydrogen-bond donors (Lipinski definition) is 1. The molecule has 11 heavy (non-hydrogen) atoms. The molecule has 60 valence electrons. The number of nitrogens with one attached hydrogen (secondary N) is 1. The van der Waals surface area contributed by atoms with Crippen LogP contribution in [0.4, 0.5) is 0 Å². The normalized spacial score (nSPS) is 41.3. The van der Waals surface area contributed by atoms with Crippen molar-refractivity contribution in [2.45, 2.75) is 25.3 Å². The Bertz CT molecular complexity index is 191. The van der Waals surface area contributed by atoms with Gasteiger partial charge in [0.1, 0.15) is 6.29 Å². The van der Waals surface area contributed by atoms with E-state index in [0.717, 1.165) is 19.1 Å². The second-order valence-corrected chi connectivity index (χ2v) is 3.33. The van der Waals surface area contributed by atoms with E-state index < -0.39 is 0 Å². The first kappa shape index (κ1) is 6.83. The largest absolute Gasteiger partial charge is 0.306 e. The van der Waals surface area contributed by atoms with Gasteiger partial charge in [-0.3, -0.25) is 0 Å². The van der Waals surface area contributed by atoms with Crippen molar-refractivity contribution >= 4 is 12.5 Å². The summed E-state index contributed by atoms with van der Waals surface area (Å²) in [6.07, 6.45) is 6.39. The number of carbonyl (C=O) groups is 1. The van der Waals surface area contributed by atoms with Crippen molar-refractivity contribution in [2.75, 3.05) is 0 Å². The fourth-order valence-electron chi connectivity index (χ4n) is 2.00. The molecule has 1 aliphatic heterocycles. The van der Waals surface area contributed by atoms with Crippen LogP contribution >= 0.6 is 0 Å². The first-order valence-corrected chi connectivity index (χ1v) is 4.16. The zero-order valence-electron chi connectivity index (χ0n) is 6.36. The van der Waals surface area contributed by atoms with E-state index in [2.05, 4.69) is 10.5 Å². The molecular formula is C8H12N2O. The molecule has 3 unspecified atom stereocenters. The van der Waals surface area contributed by atoms with Crippen LogP contribution in [0.2, 0.25) is 0 Å². The summed E-state index contributed by atoms with van der Waals surface area (Å²) in [6.45, 7) is 0. The van der Waals surface area contributed by atoms with Crippen LogP contribution < -0.4 is 5.43 Å². The van der Waals surface area contributed by atoms with Crippen molar-refractivity contribution in [2.24, 2.45) is 16.9 Å². The maximum Gasteiger partial charge on any atom is 0.125 e. The summed E-state index contributed by atoms with van der Waals surface area (Å²) in [7, 11) is 0. The molecule has 0 spiro atoms. The summed E-state index contributed by atoms with van der Waals surface area (Å²) >= 11 is 0. The van der Waals surface area contributed by atoms with Crippen molar-refractivity contribution in [3.05, 3.63) is 0 Å². The molecule has 1 saturated carbocycles. The van der Waals surface area contributed by atoms with Crippen molar-refractivity contribution in [3.8, 4) is 0 Å². The number of aldehydes is 1. The van der Waals surface area contributed by atoms with Crippen LogP contribution in [-0.4, -0.2) is 18.5 Å². The number of carbonyl (C=O) groups excluding carboxylic acids is 1. The molecule has 0 aromatic carbocycles. The van der Waals surface area contributed by atoms with Crippen LogP contribution in [0.15, 0.2) is 5.10 Å². The first-order valence-electron chi connectivity index (χ1n) is 4.16. The molecule has 0 radical (unpaired) electrons. The lowest BCUT2D eigenvalue weighted by Gasteiger charge is -2.28. The Morgan fingerprint density at radius 2 is 2.45 bits per heavy atom. The summed E-state index contributed by atoms with van der Waals surface area (Å²) in [5.74, 6) is 0.704. The van der Waals surface area contributed by atoms with Gasteiger partial charge in [0, 0.05) is 18.1 Å². The Hall–Kier alpha value is -0.860. The Kier molecular flexibility index (Phi) is 1.64. The molecule has 1 fully saturated rings. The van der Waals surface area contributed by atoms with Crippen LogP contribution in [0.5, 0.6) is 0 Å². The molecule has 0 amide bonds. The van der Waals surface area contributed by atoms with E-state index >= 15 is 0 Å². The van der Waals surface area contributed by atoms with Gasteiger partial charge in [-0.15, -0.1) is 0 Å². The minimum Gasteiger partial charge on any atom is -0.306 e. The lowest BCUT2D eigenvalue weighted by atomic mass is 9.79. The number of rotatable bonds is 1. The van der Waals surface area contributed by atoms with Gasteiger partial charge in [-0.25, -0.2) is 0 Å². The molecule has 2 aliphatic rings. The van der Waals surface area contributed by atoms with E-state index in [1.165, 1.54) is 6.42 Å². The van der Waals surface area contributed by atoms with Gasteiger partial charge in [0.2, 0.25) is 0 Å². The minimum atomic E-state index is 0.191. The molecule has 1 heterocycles. The maximum atomic E-state index is 10.6. The third-order valence-electron chi connectivity index (χ3n) is 2.66. The van der Waals surface area contributed by atoms with Crippen LogP contribution in [-0.2, 0) is 4.79 Å². The average Bonchev–Trinajstić information content (AvgIpc) is 2.50. The molecule has 3 heteroatoms. The molecule has 1 aliphatic carbocycles. The van der Waals surface area contributed by atoms with Crippen LogP contribution in [0.25, 0.3) is 0 Å². The highest BCUT2D eigenvalue weighted by Crippen LogP contribution is 2.29. The monoisotopic (exact) mass is 152 g/mol. The summed E-state index contributed by atoms with van der Waals surface area (Å²) in [4.78, 5) is 10.6. The lowest BCUT2D eigenvalue weighted by molar-refractivity contribution is -0.112. The van der Waals surface area contributed by atoms with Crippen molar-refractivity contribution in [1.82, 2.24) is 5.43 Å². The molecule has 1 N–H and O–H groups in total. The van der Waals surface area contributed by atoms with Crippen LogP contribution in [0.3, 0.4) is 0 Å². The summed E-state index contributed by atoms with van der Waals surface area (Å²) in [5.41, 5.74) is 3.00. The molecule has 0 aromatic heterocycles. The number of hydrogen-bond acceptors (Lipinski definition) is 3. The highest BCUT2D eigenvalue weighted by Gasteiger charge is 2.34. The van der Waals surface area contributed by atoms with E-state index in [1.54, 1.807) is 0 Å². The number of fused-ring (bicyclic) bond motifs is 1. The first-order chi connectivity index (χ1) is 5.42. The van der Waals surface area contributed by atoms with E-state index in [-0.39, 0.29) is 5.92 Å². The molecule has 0 bridgehead atoms. The van der Waals surface area contributed by atoms with Gasteiger partial charge in [0.25, 0.3) is 0 Å². The smallest absolute Gasteiger partial charge is 0.125 e. The molecule has 0 aromatic rings. The Morgan fingerprint density at radius 3 is 3.27 bits per heavy atom. The van der Waals surface area contributed by atoms with E-state index in [9.17, 15) is 4.79 Å². The van der Waals surface area contributed by atoms with Gasteiger partial charge in [0.15, 0.2) is 0 Å². The van der Waals surface area contributed by atoms with E-state index in [0.29, 0.717) is 12.0 Å². The van der Waals surface area contributed by atoms with Gasteiger partial charge in [-0.05, 0) is 12.8 Å². The van der Waals surface area contributed by atoms with Crippen molar-refractivity contribution < 1.29 is 4.79 Å². The van der Waals surface area contributed by atoms with Crippen molar-refractivity contribution in [3.63, 3.8) is 0 Å². The van der Waals surface area contributed by atoms with Gasteiger partial charge in [-0.2, -0.15) is 5.10 Å². The Balaban J connectivity index is 2.09. The van der Waals surface area contributed by atoms with Gasteiger partial charge >= 0.3 is 0 Å². The average molecular weight is 152 g/mol. The third kappa shape index (κ3) is 1.04. The Labute approximate surface area is 65.9 Å². The summed E-state index contributed by atoms with van der Waals surface area (Å²) < 4.78 is 0. The van der Waals surface area contributed by atoms with E-state index in [1.807, 2.05) is 6.21 Å². The lowest BCUT2D eigenvalue weighted by Crippen LogP contribution is -2.39. The molecular weight excluding hydrogens is 140 g/mol. The van der Waals surface area contributed by atoms with Gasteiger partial charge < -0.3 is 10.2 Å². The van der Waals surface area contributed by atoms with Crippen LogP contribution in [0.1, 0.15) is 19.3 Å². The highest BCUT2D eigenvalue weighted by molar-refractivity contribution is 5.67. The fraction of sp³-hybridized carbons (Fsp3) is 0.750. The highest BCUT2D eigenvalue weighted by atomic mass is 16.1. The molecule has 0 saturated heterocycles. The summed E-state index contributed by atoms with van der Waals surface area (Å²) in [5, 5.41) is 3.99. The van der Waals surface area contributed by atoms with Gasteiger partial charge in [0.05, 0.1) is 6.04 Å². The molecule has 2 rings (SSSR count). The molecule has 3 nitrogen and oxygen atoms in total. The second-order valence-electron chi connectivity index (χ2n) is 3.33. The predicted molar refractivity (Wildman–Crippen MR) is 42.3 cm³/mol. The fourth-order valence-corrected chi connectivity index (χ4v) is 2.00. The maximum absolute atomic E-state index is 10.6. The van der Waals surface area contributed by atoms with E-state index in [4.69, 9.17) is 0 Å². The SMILES string of the molecule is O=CC1CCCC2C=NNC12. The van der Waals surface area contributed by atoms with Gasteiger partial charge in [-0.1, -0.05) is 6.42 Å². The predicted octanol–water partition coefficient (Wildman–Crippen LogP) is 0.559. The standard InChI is InChI=1S/C8H12N2O/c11-5-7-3-1-2-6-4-9-10-8(6)7/h4-8,10H,1-3H2. The second kappa shape index (κ2) is 2.64. The molecule has 3 atom stereocenters. The number of hydrazone groups is 1.